The molecule has 18 heavy (non-hydrogen) atoms. The van der Waals surface area contributed by atoms with Crippen molar-refractivity contribution in [3.8, 4) is 6.07 Å². The maximum atomic E-state index is 8.91. The van der Waals surface area contributed by atoms with Gasteiger partial charge in [-0.15, -0.1) is 11.3 Å². The van der Waals surface area contributed by atoms with Gasteiger partial charge >= 0.3 is 0 Å². The number of aromatic nitrogens is 2. The number of hydrogen-bond donors (Lipinski definition) is 1. The van der Waals surface area contributed by atoms with E-state index in [0.29, 0.717) is 5.69 Å². The van der Waals surface area contributed by atoms with Crippen LogP contribution in [0.15, 0.2) is 23.8 Å². The summed E-state index contributed by atoms with van der Waals surface area (Å²) < 4.78 is 1.85. The molecule has 2 aromatic heterocycles. The first kappa shape index (κ1) is 12.8. The first-order valence-electron chi connectivity index (χ1n) is 5.92. The van der Waals surface area contributed by atoms with Gasteiger partial charge in [-0.25, -0.2) is 4.98 Å². The second kappa shape index (κ2) is 5.80. The predicted octanol–water partition coefficient (Wildman–Crippen LogP) is 2.59. The zero-order chi connectivity index (χ0) is 13.0. The summed E-state index contributed by atoms with van der Waals surface area (Å²) in [4.78, 5) is 4.34. The van der Waals surface area contributed by atoms with E-state index in [1.54, 1.807) is 11.3 Å². The lowest BCUT2D eigenvalue weighted by Crippen LogP contribution is -2.19. The first-order chi connectivity index (χ1) is 8.74. The van der Waals surface area contributed by atoms with E-state index in [1.807, 2.05) is 35.5 Å². The monoisotopic (exact) mass is 260 g/mol. The first-order valence-corrected chi connectivity index (χ1v) is 6.80. The number of rotatable bonds is 5. The maximum Gasteiger partial charge on any atom is 0.120 e. The van der Waals surface area contributed by atoms with Crippen molar-refractivity contribution >= 4 is 11.3 Å². The number of aryl methyl sites for hydroxylation is 1. The largest absolute Gasteiger partial charge is 0.342 e. The van der Waals surface area contributed by atoms with Crippen molar-refractivity contribution < 1.29 is 0 Å². The van der Waals surface area contributed by atoms with Gasteiger partial charge in [0, 0.05) is 31.4 Å². The van der Waals surface area contributed by atoms with Crippen LogP contribution in [0.2, 0.25) is 0 Å². The van der Waals surface area contributed by atoms with Crippen LogP contribution in [0, 0.1) is 11.3 Å². The highest BCUT2D eigenvalue weighted by Gasteiger charge is 2.11. The highest BCUT2D eigenvalue weighted by atomic mass is 32.1. The van der Waals surface area contributed by atoms with E-state index in [2.05, 4.69) is 23.3 Å². The van der Waals surface area contributed by atoms with Crippen LogP contribution in [0.25, 0.3) is 0 Å². The number of nitrogens with zero attached hydrogens (tertiary/aromatic N) is 3. The summed E-state index contributed by atoms with van der Waals surface area (Å²) in [5.74, 6) is 0. The van der Waals surface area contributed by atoms with Crippen molar-refractivity contribution in [1.82, 2.24) is 14.9 Å². The molecule has 0 aliphatic heterocycles. The number of hydrogen-bond acceptors (Lipinski definition) is 4. The normalized spacial score (nSPS) is 12.3. The minimum atomic E-state index is 0.288. The minimum absolute atomic E-state index is 0.288. The van der Waals surface area contributed by atoms with Crippen LogP contribution in [0.4, 0.5) is 0 Å². The average Bonchev–Trinajstić information content (AvgIpc) is 3.00. The third-order valence-corrected chi connectivity index (χ3v) is 3.78. The number of thiazole rings is 1. The molecule has 0 radical (unpaired) electrons. The quantitative estimate of drug-likeness (QED) is 0.899. The van der Waals surface area contributed by atoms with E-state index >= 15 is 0 Å². The van der Waals surface area contributed by atoms with E-state index in [4.69, 9.17) is 5.26 Å². The molecule has 2 heterocycles. The van der Waals surface area contributed by atoms with Gasteiger partial charge in [-0.2, -0.15) is 5.26 Å². The van der Waals surface area contributed by atoms with Crippen molar-refractivity contribution in [3.63, 3.8) is 0 Å². The zero-order valence-corrected chi connectivity index (χ0v) is 11.4. The molecule has 0 saturated carbocycles. The van der Waals surface area contributed by atoms with Crippen LogP contribution < -0.4 is 5.32 Å². The average molecular weight is 260 g/mol. The third kappa shape index (κ3) is 2.78. The van der Waals surface area contributed by atoms with Crippen molar-refractivity contribution in [3.05, 3.63) is 40.1 Å². The molecule has 1 atom stereocenters. The fraction of sp³-hybridized carbons (Fsp3) is 0.385. The van der Waals surface area contributed by atoms with Crippen molar-refractivity contribution in [1.29, 1.82) is 5.26 Å². The lowest BCUT2D eigenvalue weighted by atomic mass is 10.2. The molecule has 0 spiro atoms. The molecule has 0 aliphatic rings. The molecule has 0 fully saturated rings. The van der Waals surface area contributed by atoms with Gasteiger partial charge in [-0.05, 0) is 18.1 Å². The van der Waals surface area contributed by atoms with E-state index < -0.39 is 0 Å². The fourth-order valence-corrected chi connectivity index (χ4v) is 2.69. The van der Waals surface area contributed by atoms with Crippen LogP contribution in [0.5, 0.6) is 0 Å². The van der Waals surface area contributed by atoms with Crippen LogP contribution >= 0.6 is 11.3 Å². The second-order valence-corrected chi connectivity index (χ2v) is 5.09. The van der Waals surface area contributed by atoms with Crippen LogP contribution in [-0.4, -0.2) is 9.55 Å². The van der Waals surface area contributed by atoms with Gasteiger partial charge in [0.05, 0.1) is 6.04 Å². The van der Waals surface area contributed by atoms with E-state index in [9.17, 15) is 0 Å². The summed E-state index contributed by atoms with van der Waals surface area (Å²) >= 11 is 1.67. The molecular weight excluding hydrogens is 244 g/mol. The highest BCUT2D eigenvalue weighted by Crippen LogP contribution is 2.19. The minimum Gasteiger partial charge on any atom is -0.342 e. The predicted molar refractivity (Wildman–Crippen MR) is 72.1 cm³/mol. The molecule has 2 aromatic rings. The van der Waals surface area contributed by atoms with Gasteiger partial charge < -0.3 is 9.88 Å². The van der Waals surface area contributed by atoms with Gasteiger partial charge in [-0.1, -0.05) is 6.92 Å². The van der Waals surface area contributed by atoms with Gasteiger partial charge in [0.25, 0.3) is 0 Å². The molecule has 4 nitrogen and oxygen atoms in total. The highest BCUT2D eigenvalue weighted by molar-refractivity contribution is 7.09. The summed E-state index contributed by atoms with van der Waals surface area (Å²) in [5.41, 5.74) is 1.82. The van der Waals surface area contributed by atoms with Crippen molar-refractivity contribution in [2.45, 2.75) is 25.9 Å². The third-order valence-electron chi connectivity index (χ3n) is 2.89. The molecule has 1 unspecified atom stereocenters. The lowest BCUT2D eigenvalue weighted by Gasteiger charge is -2.13. The summed E-state index contributed by atoms with van der Waals surface area (Å²) in [6, 6.07) is 4.38. The summed E-state index contributed by atoms with van der Waals surface area (Å²) in [6.07, 6.45) is 4.83. The Hall–Kier alpha value is -1.64. The maximum absolute atomic E-state index is 8.91. The molecule has 0 aromatic carbocycles. The number of nitriles is 1. The molecule has 0 aliphatic carbocycles. The van der Waals surface area contributed by atoms with Gasteiger partial charge in [0.15, 0.2) is 0 Å². The van der Waals surface area contributed by atoms with Gasteiger partial charge in [-0.3, -0.25) is 0 Å². The topological polar surface area (TPSA) is 53.6 Å². The number of nitrogens with one attached hydrogen (secondary N) is 1. The Kier molecular flexibility index (Phi) is 4.13. The molecular formula is C13H16N4S. The lowest BCUT2D eigenvalue weighted by molar-refractivity contribution is 0.516. The summed E-state index contributed by atoms with van der Waals surface area (Å²) in [7, 11) is 1.89. The fourth-order valence-electron chi connectivity index (χ4n) is 1.89. The van der Waals surface area contributed by atoms with Crippen LogP contribution in [0.3, 0.4) is 0 Å². The molecule has 0 saturated heterocycles. The van der Waals surface area contributed by atoms with E-state index in [0.717, 1.165) is 23.5 Å². The standard InChI is InChI=1S/C13H16N4S/c1-3-12(13-15-4-5-18-13)16-8-10-6-11(7-14)17(2)9-10/h4-6,9,12,16H,3,8H2,1-2H3. The van der Waals surface area contributed by atoms with E-state index in [-0.39, 0.29) is 6.04 Å². The smallest absolute Gasteiger partial charge is 0.120 e. The zero-order valence-electron chi connectivity index (χ0n) is 10.6. The second-order valence-electron chi connectivity index (χ2n) is 4.17. The molecule has 2 rings (SSSR count). The van der Waals surface area contributed by atoms with Crippen LogP contribution in [-0.2, 0) is 13.6 Å². The summed E-state index contributed by atoms with van der Waals surface area (Å²) in [6.45, 7) is 2.90. The van der Waals surface area contributed by atoms with Gasteiger partial charge in [0.1, 0.15) is 16.8 Å². The summed E-state index contributed by atoms with van der Waals surface area (Å²) in [5, 5.41) is 15.5. The Morgan fingerprint density at radius 1 is 1.61 bits per heavy atom. The Morgan fingerprint density at radius 2 is 2.44 bits per heavy atom. The Bertz CT molecular complexity index is 536. The van der Waals surface area contributed by atoms with Crippen molar-refractivity contribution in [2.75, 3.05) is 0 Å². The Balaban J connectivity index is 2.00. The Labute approximate surface area is 111 Å². The molecule has 5 heteroatoms. The molecule has 0 amide bonds. The van der Waals surface area contributed by atoms with Gasteiger partial charge in [0.2, 0.25) is 0 Å². The van der Waals surface area contributed by atoms with Crippen molar-refractivity contribution in [2.24, 2.45) is 7.05 Å². The van der Waals surface area contributed by atoms with Crippen LogP contribution in [0.1, 0.15) is 35.7 Å². The molecule has 94 valence electrons. The molecule has 0 bridgehead atoms. The molecule has 1 N–H and O–H groups in total. The van der Waals surface area contributed by atoms with E-state index in [1.165, 1.54) is 0 Å². The SMILES string of the molecule is CCC(NCc1cc(C#N)n(C)c1)c1nccs1. The Morgan fingerprint density at radius 3 is 3.00 bits per heavy atom.